The minimum Gasteiger partial charge on any atom is -0.384 e. The summed E-state index contributed by atoms with van der Waals surface area (Å²) in [6.45, 7) is 1.95. The lowest BCUT2D eigenvalue weighted by Gasteiger charge is -2.26. The van der Waals surface area contributed by atoms with E-state index in [0.29, 0.717) is 25.2 Å². The van der Waals surface area contributed by atoms with Crippen LogP contribution in [0.4, 0.5) is 4.39 Å². The highest BCUT2D eigenvalue weighted by Crippen LogP contribution is 2.11. The Balaban J connectivity index is 2.11. The summed E-state index contributed by atoms with van der Waals surface area (Å²) in [4.78, 5) is 13.2. The van der Waals surface area contributed by atoms with E-state index in [0.717, 1.165) is 12.1 Å². The maximum Gasteiger partial charge on any atom is 0.234 e. The second-order valence-electron chi connectivity index (χ2n) is 4.37. The monoisotopic (exact) mass is 262 g/mol. The molecule has 100 valence electrons. The third-order valence-electron chi connectivity index (χ3n) is 2.79. The molecule has 1 aliphatic rings. The smallest absolute Gasteiger partial charge is 0.234 e. The molecule has 0 saturated carbocycles. The van der Waals surface area contributed by atoms with Crippen LogP contribution in [-0.4, -0.2) is 42.2 Å². The van der Waals surface area contributed by atoms with Crippen molar-refractivity contribution in [2.45, 2.75) is 6.54 Å². The first-order valence-corrected chi connectivity index (χ1v) is 6.05. The number of benzene rings is 1. The Bertz CT molecular complexity index is 534. The van der Waals surface area contributed by atoms with Crippen LogP contribution in [0.5, 0.6) is 0 Å². The van der Waals surface area contributed by atoms with Gasteiger partial charge in [0.25, 0.3) is 0 Å². The number of piperazine rings is 1. The van der Waals surface area contributed by atoms with Gasteiger partial charge in [-0.15, -0.1) is 0 Å². The van der Waals surface area contributed by atoms with E-state index in [-0.39, 0.29) is 18.3 Å². The molecule has 4 nitrogen and oxygen atoms in total. The largest absolute Gasteiger partial charge is 0.384 e. The third kappa shape index (κ3) is 4.05. The molecule has 0 spiro atoms. The molecule has 1 fully saturated rings. The first-order valence-electron chi connectivity index (χ1n) is 6.05. The molecule has 0 atom stereocenters. The van der Waals surface area contributed by atoms with Gasteiger partial charge in [0.1, 0.15) is 12.4 Å². The molecule has 1 aromatic rings. The lowest BCUT2D eigenvalue weighted by Crippen LogP contribution is -2.47. The molecule has 1 aliphatic heterocycles. The number of hydrogen-bond donors (Lipinski definition) is 2. The average Bonchev–Trinajstić information content (AvgIpc) is 2.35. The van der Waals surface area contributed by atoms with Crippen LogP contribution in [0.1, 0.15) is 11.1 Å². The Morgan fingerprint density at radius 2 is 2.26 bits per heavy atom. The predicted molar refractivity (Wildman–Crippen MR) is 68.7 cm³/mol. The van der Waals surface area contributed by atoms with E-state index in [1.54, 1.807) is 6.07 Å². The van der Waals surface area contributed by atoms with Gasteiger partial charge in [-0.25, -0.2) is 4.39 Å². The second kappa shape index (κ2) is 6.32. The van der Waals surface area contributed by atoms with Crippen LogP contribution in [0.25, 0.3) is 0 Å². The number of aliphatic hydroxyl groups is 1. The van der Waals surface area contributed by atoms with E-state index in [1.807, 2.05) is 4.90 Å². The van der Waals surface area contributed by atoms with Crippen LogP contribution >= 0.6 is 0 Å². The molecule has 2 rings (SSSR count). The van der Waals surface area contributed by atoms with Crippen molar-refractivity contribution in [1.29, 1.82) is 0 Å². The maximum atomic E-state index is 13.5. The molecule has 0 aromatic heterocycles. The summed E-state index contributed by atoms with van der Waals surface area (Å²) in [6, 6.07) is 4.55. The Labute approximate surface area is 111 Å². The zero-order chi connectivity index (χ0) is 13.7. The van der Waals surface area contributed by atoms with Crippen molar-refractivity contribution in [3.8, 4) is 11.8 Å². The summed E-state index contributed by atoms with van der Waals surface area (Å²) in [5.74, 6) is 4.80. The normalized spacial score (nSPS) is 15.6. The van der Waals surface area contributed by atoms with Crippen molar-refractivity contribution < 1.29 is 14.3 Å². The Morgan fingerprint density at radius 1 is 1.42 bits per heavy atom. The molecule has 1 amide bonds. The van der Waals surface area contributed by atoms with Crippen LogP contribution in [0.3, 0.4) is 0 Å². The number of hydrogen-bond acceptors (Lipinski definition) is 3. The van der Waals surface area contributed by atoms with E-state index < -0.39 is 0 Å². The van der Waals surface area contributed by atoms with Crippen molar-refractivity contribution in [3.63, 3.8) is 0 Å². The first kappa shape index (κ1) is 13.5. The molecule has 0 bridgehead atoms. The lowest BCUT2D eigenvalue weighted by molar-refractivity contribution is -0.124. The number of rotatable bonds is 2. The van der Waals surface area contributed by atoms with Gasteiger partial charge in [-0.3, -0.25) is 9.69 Å². The fraction of sp³-hybridized carbons (Fsp3) is 0.357. The van der Waals surface area contributed by atoms with Gasteiger partial charge in [0, 0.05) is 25.2 Å². The van der Waals surface area contributed by atoms with Crippen LogP contribution in [-0.2, 0) is 11.3 Å². The molecular formula is C14H15FN2O2. The minimum absolute atomic E-state index is 0.0112. The van der Waals surface area contributed by atoms with Crippen LogP contribution < -0.4 is 5.32 Å². The molecule has 5 heteroatoms. The highest BCUT2D eigenvalue weighted by atomic mass is 19.1. The van der Waals surface area contributed by atoms with Crippen molar-refractivity contribution in [3.05, 3.63) is 35.1 Å². The van der Waals surface area contributed by atoms with E-state index in [1.165, 1.54) is 12.1 Å². The summed E-state index contributed by atoms with van der Waals surface area (Å²) in [6.07, 6.45) is 0. The number of halogens is 1. The van der Waals surface area contributed by atoms with Crippen molar-refractivity contribution in [1.82, 2.24) is 10.2 Å². The molecule has 19 heavy (non-hydrogen) atoms. The van der Waals surface area contributed by atoms with Gasteiger partial charge >= 0.3 is 0 Å². The Kier molecular flexibility index (Phi) is 4.50. The van der Waals surface area contributed by atoms with Crippen molar-refractivity contribution in [2.75, 3.05) is 26.2 Å². The summed E-state index contributed by atoms with van der Waals surface area (Å²) < 4.78 is 13.5. The van der Waals surface area contributed by atoms with Crippen LogP contribution in [0.15, 0.2) is 18.2 Å². The predicted octanol–water partition coefficient (Wildman–Crippen LogP) is 0.101. The Morgan fingerprint density at radius 3 is 3.00 bits per heavy atom. The molecule has 1 aromatic carbocycles. The number of carbonyl (C=O) groups excluding carboxylic acids is 1. The summed E-state index contributed by atoms with van der Waals surface area (Å²) >= 11 is 0. The van der Waals surface area contributed by atoms with E-state index in [4.69, 9.17) is 5.11 Å². The third-order valence-corrected chi connectivity index (χ3v) is 2.79. The molecule has 0 aliphatic carbocycles. The topological polar surface area (TPSA) is 52.6 Å². The summed E-state index contributed by atoms with van der Waals surface area (Å²) in [5, 5.41) is 11.4. The van der Waals surface area contributed by atoms with Gasteiger partial charge in [0.15, 0.2) is 0 Å². The SMILES string of the molecule is O=C1CN(Cc2cc(F)cc(C#CCO)c2)CCN1. The van der Waals surface area contributed by atoms with E-state index in [2.05, 4.69) is 17.2 Å². The number of nitrogens with one attached hydrogen (secondary N) is 1. The van der Waals surface area contributed by atoms with E-state index in [9.17, 15) is 9.18 Å². The zero-order valence-electron chi connectivity index (χ0n) is 10.4. The Hall–Kier alpha value is -1.90. The van der Waals surface area contributed by atoms with Crippen LogP contribution in [0.2, 0.25) is 0 Å². The number of carbonyl (C=O) groups is 1. The highest BCUT2D eigenvalue weighted by Gasteiger charge is 2.16. The number of aliphatic hydroxyl groups excluding tert-OH is 1. The fourth-order valence-corrected chi connectivity index (χ4v) is 2.04. The first-order chi connectivity index (χ1) is 9.17. The van der Waals surface area contributed by atoms with Gasteiger partial charge in [-0.1, -0.05) is 11.8 Å². The number of amides is 1. The fourth-order valence-electron chi connectivity index (χ4n) is 2.04. The van der Waals surface area contributed by atoms with Crippen molar-refractivity contribution in [2.24, 2.45) is 0 Å². The quantitative estimate of drug-likeness (QED) is 0.743. The number of nitrogens with zero attached hydrogens (tertiary/aromatic N) is 1. The van der Waals surface area contributed by atoms with Gasteiger partial charge in [0.2, 0.25) is 5.91 Å². The molecule has 1 saturated heterocycles. The average molecular weight is 262 g/mol. The molecule has 0 unspecified atom stereocenters. The second-order valence-corrected chi connectivity index (χ2v) is 4.37. The molecule has 2 N–H and O–H groups in total. The minimum atomic E-state index is -0.360. The maximum absolute atomic E-state index is 13.5. The standard InChI is InChI=1S/C14H15FN2O2/c15-13-7-11(2-1-5-18)6-12(8-13)9-17-4-3-16-14(19)10-17/h6-8,18H,3-5,9-10H2,(H,16,19). The van der Waals surface area contributed by atoms with Crippen molar-refractivity contribution >= 4 is 5.91 Å². The van der Waals surface area contributed by atoms with Crippen LogP contribution in [0, 0.1) is 17.7 Å². The van der Waals surface area contributed by atoms with E-state index >= 15 is 0 Å². The highest BCUT2D eigenvalue weighted by molar-refractivity contribution is 5.78. The zero-order valence-corrected chi connectivity index (χ0v) is 10.4. The molecule has 0 radical (unpaired) electrons. The molecular weight excluding hydrogens is 247 g/mol. The van der Waals surface area contributed by atoms with Gasteiger partial charge in [-0.2, -0.15) is 0 Å². The summed E-state index contributed by atoms with van der Waals surface area (Å²) in [5.41, 5.74) is 1.31. The van der Waals surface area contributed by atoms with Gasteiger partial charge in [-0.05, 0) is 23.8 Å². The van der Waals surface area contributed by atoms with Gasteiger partial charge < -0.3 is 10.4 Å². The molecule has 1 heterocycles. The lowest BCUT2D eigenvalue weighted by atomic mass is 10.1. The van der Waals surface area contributed by atoms with Gasteiger partial charge in [0.05, 0.1) is 6.54 Å². The summed E-state index contributed by atoms with van der Waals surface area (Å²) in [7, 11) is 0.